The van der Waals surface area contributed by atoms with Crippen LogP contribution in [0, 0.1) is 11.3 Å². The van der Waals surface area contributed by atoms with Crippen molar-refractivity contribution >= 4 is 0 Å². The van der Waals surface area contributed by atoms with Crippen LogP contribution in [0.3, 0.4) is 0 Å². The third kappa shape index (κ3) is 3.30. The van der Waals surface area contributed by atoms with Crippen LogP contribution in [0.1, 0.15) is 59.8 Å². The van der Waals surface area contributed by atoms with Gasteiger partial charge in [0.25, 0.3) is 0 Å². The van der Waals surface area contributed by atoms with Crippen molar-refractivity contribution in [3.8, 4) is 0 Å². The lowest BCUT2D eigenvalue weighted by Crippen LogP contribution is -2.39. The molecule has 0 spiro atoms. The Morgan fingerprint density at radius 2 is 1.85 bits per heavy atom. The Kier molecular flexibility index (Phi) is 3.06. The molecule has 1 aliphatic rings. The zero-order valence-electron chi connectivity index (χ0n) is 9.56. The fourth-order valence-corrected chi connectivity index (χ4v) is 2.90. The normalized spacial score (nSPS) is 33.7. The van der Waals surface area contributed by atoms with Crippen LogP contribution in [-0.4, -0.2) is 10.7 Å². The minimum Gasteiger partial charge on any atom is -0.390 e. The number of hydrogen-bond donors (Lipinski definition) is 1. The molecule has 1 nitrogen and oxygen atoms in total. The van der Waals surface area contributed by atoms with Gasteiger partial charge in [-0.05, 0) is 37.0 Å². The molecule has 0 amide bonds. The molecule has 0 aromatic heterocycles. The Labute approximate surface area is 82.5 Å². The molecule has 0 unspecified atom stereocenters. The van der Waals surface area contributed by atoms with Crippen molar-refractivity contribution in [2.45, 2.75) is 65.4 Å². The van der Waals surface area contributed by atoms with Gasteiger partial charge in [0, 0.05) is 0 Å². The highest BCUT2D eigenvalue weighted by Crippen LogP contribution is 2.43. The van der Waals surface area contributed by atoms with E-state index in [-0.39, 0.29) is 5.60 Å². The van der Waals surface area contributed by atoms with E-state index in [1.807, 2.05) is 0 Å². The predicted molar refractivity (Wildman–Crippen MR) is 56.7 cm³/mol. The Hall–Kier alpha value is -0.0400. The number of aliphatic hydroxyl groups is 1. The van der Waals surface area contributed by atoms with Crippen LogP contribution < -0.4 is 0 Å². The van der Waals surface area contributed by atoms with Gasteiger partial charge in [0.05, 0.1) is 5.60 Å². The van der Waals surface area contributed by atoms with Crippen molar-refractivity contribution in [3.63, 3.8) is 0 Å². The largest absolute Gasteiger partial charge is 0.390 e. The topological polar surface area (TPSA) is 20.2 Å². The average molecular weight is 184 g/mol. The zero-order chi connectivity index (χ0) is 10.1. The molecule has 78 valence electrons. The molecule has 1 atom stereocenters. The van der Waals surface area contributed by atoms with E-state index in [2.05, 4.69) is 27.7 Å². The molecule has 1 rings (SSSR count). The maximum atomic E-state index is 10.4. The molecule has 0 heterocycles. The molecule has 0 aromatic rings. The van der Waals surface area contributed by atoms with Crippen molar-refractivity contribution in [1.29, 1.82) is 0 Å². The summed E-state index contributed by atoms with van der Waals surface area (Å²) in [5, 5.41) is 10.4. The Morgan fingerprint density at radius 1 is 1.23 bits per heavy atom. The smallest absolute Gasteiger partial charge is 0.0655 e. The molecule has 0 bridgehead atoms. The Morgan fingerprint density at radius 3 is 2.31 bits per heavy atom. The van der Waals surface area contributed by atoms with E-state index in [9.17, 15) is 5.11 Å². The molecule has 1 N–H and O–H groups in total. The van der Waals surface area contributed by atoms with Crippen LogP contribution in [0.25, 0.3) is 0 Å². The maximum absolute atomic E-state index is 10.4. The summed E-state index contributed by atoms with van der Waals surface area (Å²) in [6, 6.07) is 0. The van der Waals surface area contributed by atoms with Gasteiger partial charge in [-0.3, -0.25) is 0 Å². The van der Waals surface area contributed by atoms with Crippen LogP contribution in [0.5, 0.6) is 0 Å². The third-order valence-electron chi connectivity index (χ3n) is 3.09. The standard InChI is InChI=1S/C12H24O/c1-10(2)8-12(13)7-5-6-11(3,4)9-12/h10,13H,5-9H2,1-4H3/t12-/m1/s1. The lowest BCUT2D eigenvalue weighted by atomic mass is 9.67. The Bertz CT molecular complexity index is 172. The number of hydrogen-bond acceptors (Lipinski definition) is 1. The third-order valence-corrected chi connectivity index (χ3v) is 3.09. The molecule has 0 saturated heterocycles. The summed E-state index contributed by atoms with van der Waals surface area (Å²) in [6.45, 7) is 8.94. The molecular weight excluding hydrogens is 160 g/mol. The van der Waals surface area contributed by atoms with Crippen LogP contribution in [0.4, 0.5) is 0 Å². The zero-order valence-corrected chi connectivity index (χ0v) is 9.56. The Balaban J connectivity index is 2.58. The van der Waals surface area contributed by atoms with Gasteiger partial charge in [0.2, 0.25) is 0 Å². The van der Waals surface area contributed by atoms with E-state index in [1.54, 1.807) is 0 Å². The van der Waals surface area contributed by atoms with Crippen molar-refractivity contribution in [2.24, 2.45) is 11.3 Å². The minimum absolute atomic E-state index is 0.349. The first-order valence-electron chi connectivity index (χ1n) is 5.55. The van der Waals surface area contributed by atoms with E-state index >= 15 is 0 Å². The lowest BCUT2D eigenvalue weighted by molar-refractivity contribution is -0.0529. The lowest BCUT2D eigenvalue weighted by Gasteiger charge is -2.42. The molecule has 1 saturated carbocycles. The molecule has 13 heavy (non-hydrogen) atoms. The average Bonchev–Trinajstić information content (AvgIpc) is 1.79. The second-order valence-corrected chi connectivity index (χ2v) is 6.02. The molecule has 0 aliphatic heterocycles. The molecule has 1 heteroatoms. The summed E-state index contributed by atoms with van der Waals surface area (Å²) in [4.78, 5) is 0. The van der Waals surface area contributed by atoms with E-state index in [4.69, 9.17) is 0 Å². The van der Waals surface area contributed by atoms with E-state index in [0.717, 1.165) is 19.3 Å². The van der Waals surface area contributed by atoms with Gasteiger partial charge in [0.15, 0.2) is 0 Å². The van der Waals surface area contributed by atoms with Gasteiger partial charge < -0.3 is 5.11 Å². The summed E-state index contributed by atoms with van der Waals surface area (Å²) >= 11 is 0. The van der Waals surface area contributed by atoms with Gasteiger partial charge in [-0.15, -0.1) is 0 Å². The maximum Gasteiger partial charge on any atom is 0.0655 e. The highest BCUT2D eigenvalue weighted by atomic mass is 16.3. The van der Waals surface area contributed by atoms with E-state index in [1.165, 1.54) is 12.8 Å². The van der Waals surface area contributed by atoms with Crippen LogP contribution in [-0.2, 0) is 0 Å². The van der Waals surface area contributed by atoms with Crippen LogP contribution >= 0.6 is 0 Å². The van der Waals surface area contributed by atoms with Crippen LogP contribution in [0.2, 0.25) is 0 Å². The van der Waals surface area contributed by atoms with Gasteiger partial charge in [-0.25, -0.2) is 0 Å². The molecule has 0 radical (unpaired) electrons. The van der Waals surface area contributed by atoms with E-state index in [0.29, 0.717) is 11.3 Å². The molecule has 1 fully saturated rings. The van der Waals surface area contributed by atoms with Crippen molar-refractivity contribution in [1.82, 2.24) is 0 Å². The summed E-state index contributed by atoms with van der Waals surface area (Å²) < 4.78 is 0. The second-order valence-electron chi connectivity index (χ2n) is 6.02. The predicted octanol–water partition coefficient (Wildman–Crippen LogP) is 3.36. The summed E-state index contributed by atoms with van der Waals surface area (Å²) in [5.74, 6) is 0.610. The first kappa shape index (κ1) is 11.0. The van der Waals surface area contributed by atoms with Crippen molar-refractivity contribution in [2.75, 3.05) is 0 Å². The molecule has 0 aromatic carbocycles. The quantitative estimate of drug-likeness (QED) is 0.697. The number of rotatable bonds is 2. The summed E-state index contributed by atoms with van der Waals surface area (Å²) in [6.07, 6.45) is 5.42. The van der Waals surface area contributed by atoms with Gasteiger partial charge in [-0.2, -0.15) is 0 Å². The van der Waals surface area contributed by atoms with Gasteiger partial charge in [-0.1, -0.05) is 34.1 Å². The van der Waals surface area contributed by atoms with Crippen molar-refractivity contribution < 1.29 is 5.11 Å². The van der Waals surface area contributed by atoms with E-state index < -0.39 is 0 Å². The van der Waals surface area contributed by atoms with Gasteiger partial charge >= 0.3 is 0 Å². The molecule has 1 aliphatic carbocycles. The first-order chi connectivity index (χ1) is 5.83. The minimum atomic E-state index is -0.365. The fraction of sp³-hybridized carbons (Fsp3) is 1.00. The summed E-state index contributed by atoms with van der Waals surface area (Å²) in [7, 11) is 0. The van der Waals surface area contributed by atoms with Crippen molar-refractivity contribution in [3.05, 3.63) is 0 Å². The first-order valence-corrected chi connectivity index (χ1v) is 5.55. The summed E-state index contributed by atoms with van der Waals surface area (Å²) in [5.41, 5.74) is -0.0161. The monoisotopic (exact) mass is 184 g/mol. The highest BCUT2D eigenvalue weighted by molar-refractivity contribution is 4.90. The fourth-order valence-electron chi connectivity index (χ4n) is 2.90. The van der Waals surface area contributed by atoms with Gasteiger partial charge in [0.1, 0.15) is 0 Å². The van der Waals surface area contributed by atoms with Crippen LogP contribution in [0.15, 0.2) is 0 Å². The molecular formula is C12H24O. The second kappa shape index (κ2) is 3.61. The SMILES string of the molecule is CC(C)C[C@]1(O)CCCC(C)(C)C1. The highest BCUT2D eigenvalue weighted by Gasteiger charge is 2.38.